The van der Waals surface area contributed by atoms with E-state index < -0.39 is 0 Å². The summed E-state index contributed by atoms with van der Waals surface area (Å²) in [7, 11) is 0. The zero-order valence-corrected chi connectivity index (χ0v) is 12.7. The Morgan fingerprint density at radius 1 is 1.32 bits per heavy atom. The standard InChI is InChI=1S/C15H17BrN2O/c1-3-19-14-7-5-4-6-12(14)9-17-13-8-11(2)15(16)18-10-13/h4-8,10,17H,3,9H2,1-2H3. The summed E-state index contributed by atoms with van der Waals surface area (Å²) in [6.45, 7) is 5.41. The first-order chi connectivity index (χ1) is 9.20. The van der Waals surface area contributed by atoms with Crippen LogP contribution in [-0.4, -0.2) is 11.6 Å². The molecule has 4 heteroatoms. The molecule has 0 atom stereocenters. The summed E-state index contributed by atoms with van der Waals surface area (Å²) in [5.74, 6) is 0.930. The average molecular weight is 321 g/mol. The molecule has 19 heavy (non-hydrogen) atoms. The minimum Gasteiger partial charge on any atom is -0.494 e. The number of aryl methyl sites for hydroxylation is 1. The van der Waals surface area contributed by atoms with Crippen molar-refractivity contribution in [3.05, 3.63) is 52.3 Å². The molecule has 0 saturated carbocycles. The molecule has 0 amide bonds. The Morgan fingerprint density at radius 2 is 2.11 bits per heavy atom. The Bertz CT molecular complexity index is 558. The normalized spacial score (nSPS) is 10.3. The minimum absolute atomic E-state index is 0.677. The van der Waals surface area contributed by atoms with Crippen molar-refractivity contribution in [2.75, 3.05) is 11.9 Å². The summed E-state index contributed by atoms with van der Waals surface area (Å²) in [6, 6.07) is 10.1. The highest BCUT2D eigenvalue weighted by Crippen LogP contribution is 2.21. The average Bonchev–Trinajstić information content (AvgIpc) is 2.42. The van der Waals surface area contributed by atoms with Gasteiger partial charge in [0.1, 0.15) is 10.4 Å². The van der Waals surface area contributed by atoms with E-state index in [1.165, 1.54) is 0 Å². The summed E-state index contributed by atoms with van der Waals surface area (Å²) < 4.78 is 6.49. The number of anilines is 1. The SMILES string of the molecule is CCOc1ccccc1CNc1cnc(Br)c(C)c1. The van der Waals surface area contributed by atoms with E-state index in [9.17, 15) is 0 Å². The first-order valence-electron chi connectivity index (χ1n) is 6.27. The van der Waals surface area contributed by atoms with Crippen LogP contribution >= 0.6 is 15.9 Å². The second kappa shape index (κ2) is 6.57. The molecule has 0 aliphatic rings. The van der Waals surface area contributed by atoms with Gasteiger partial charge in [0.2, 0.25) is 0 Å². The zero-order valence-electron chi connectivity index (χ0n) is 11.1. The Labute approximate surface area is 122 Å². The zero-order chi connectivity index (χ0) is 13.7. The fourth-order valence-electron chi connectivity index (χ4n) is 1.80. The van der Waals surface area contributed by atoms with Crippen molar-refractivity contribution in [3.8, 4) is 5.75 Å². The van der Waals surface area contributed by atoms with Crippen LogP contribution in [0.25, 0.3) is 0 Å². The van der Waals surface area contributed by atoms with Crippen LogP contribution in [0.1, 0.15) is 18.1 Å². The Balaban J connectivity index is 2.07. The first kappa shape index (κ1) is 13.9. The van der Waals surface area contributed by atoms with E-state index in [0.29, 0.717) is 6.61 Å². The quantitative estimate of drug-likeness (QED) is 0.840. The van der Waals surface area contributed by atoms with Gasteiger partial charge in [-0.3, -0.25) is 0 Å². The predicted molar refractivity (Wildman–Crippen MR) is 81.6 cm³/mol. The number of aromatic nitrogens is 1. The second-order valence-electron chi connectivity index (χ2n) is 4.23. The maximum absolute atomic E-state index is 5.61. The third-order valence-corrected chi connectivity index (χ3v) is 3.60. The van der Waals surface area contributed by atoms with Gasteiger partial charge in [0, 0.05) is 12.1 Å². The molecule has 2 rings (SSSR count). The van der Waals surface area contributed by atoms with Crippen LogP contribution in [0, 0.1) is 6.92 Å². The molecule has 0 unspecified atom stereocenters. The van der Waals surface area contributed by atoms with Gasteiger partial charge in [0.15, 0.2) is 0 Å². The molecule has 0 saturated heterocycles. The Hall–Kier alpha value is -1.55. The second-order valence-corrected chi connectivity index (χ2v) is 4.98. The number of nitrogens with zero attached hydrogens (tertiary/aromatic N) is 1. The maximum atomic E-state index is 5.61. The number of ether oxygens (including phenoxy) is 1. The third kappa shape index (κ3) is 3.70. The highest BCUT2D eigenvalue weighted by molar-refractivity contribution is 9.10. The number of hydrogen-bond acceptors (Lipinski definition) is 3. The third-order valence-electron chi connectivity index (χ3n) is 2.77. The predicted octanol–water partition coefficient (Wildman–Crippen LogP) is 4.16. The van der Waals surface area contributed by atoms with Gasteiger partial charge in [-0.15, -0.1) is 0 Å². The molecule has 1 aromatic heterocycles. The highest BCUT2D eigenvalue weighted by Gasteiger charge is 2.03. The van der Waals surface area contributed by atoms with E-state index in [2.05, 4.69) is 38.4 Å². The number of hydrogen-bond donors (Lipinski definition) is 1. The van der Waals surface area contributed by atoms with Crippen LogP contribution in [0.4, 0.5) is 5.69 Å². The van der Waals surface area contributed by atoms with E-state index in [4.69, 9.17) is 4.74 Å². The molecule has 0 fully saturated rings. The molecule has 0 spiro atoms. The lowest BCUT2D eigenvalue weighted by atomic mass is 10.2. The smallest absolute Gasteiger partial charge is 0.124 e. The molecule has 1 heterocycles. The van der Waals surface area contributed by atoms with Crippen molar-refractivity contribution in [1.82, 2.24) is 4.98 Å². The maximum Gasteiger partial charge on any atom is 0.124 e. The number of pyridine rings is 1. The van der Waals surface area contributed by atoms with Crippen LogP contribution < -0.4 is 10.1 Å². The van der Waals surface area contributed by atoms with Crippen molar-refractivity contribution in [3.63, 3.8) is 0 Å². The monoisotopic (exact) mass is 320 g/mol. The molecule has 1 N–H and O–H groups in total. The van der Waals surface area contributed by atoms with Crippen LogP contribution in [0.2, 0.25) is 0 Å². The molecule has 2 aromatic rings. The van der Waals surface area contributed by atoms with Gasteiger partial charge < -0.3 is 10.1 Å². The summed E-state index contributed by atoms with van der Waals surface area (Å²) in [5.41, 5.74) is 3.26. The number of halogens is 1. The van der Waals surface area contributed by atoms with Gasteiger partial charge in [0.05, 0.1) is 18.5 Å². The summed E-state index contributed by atoms with van der Waals surface area (Å²) in [4.78, 5) is 4.27. The van der Waals surface area contributed by atoms with Crippen LogP contribution in [0.5, 0.6) is 5.75 Å². The highest BCUT2D eigenvalue weighted by atomic mass is 79.9. The van der Waals surface area contributed by atoms with Crippen LogP contribution in [-0.2, 0) is 6.54 Å². The van der Waals surface area contributed by atoms with Crippen molar-refractivity contribution >= 4 is 21.6 Å². The summed E-state index contributed by atoms with van der Waals surface area (Å²) in [6.07, 6.45) is 1.82. The van der Waals surface area contributed by atoms with Gasteiger partial charge in [-0.25, -0.2) is 4.98 Å². The van der Waals surface area contributed by atoms with Crippen molar-refractivity contribution in [2.24, 2.45) is 0 Å². The van der Waals surface area contributed by atoms with Crippen molar-refractivity contribution in [2.45, 2.75) is 20.4 Å². The summed E-state index contributed by atoms with van der Waals surface area (Å²) in [5, 5.41) is 3.36. The van der Waals surface area contributed by atoms with E-state index in [-0.39, 0.29) is 0 Å². The molecular formula is C15H17BrN2O. The number of para-hydroxylation sites is 1. The number of nitrogens with one attached hydrogen (secondary N) is 1. The Morgan fingerprint density at radius 3 is 2.84 bits per heavy atom. The number of benzene rings is 1. The fraction of sp³-hybridized carbons (Fsp3) is 0.267. The molecule has 1 aromatic carbocycles. The first-order valence-corrected chi connectivity index (χ1v) is 7.06. The van der Waals surface area contributed by atoms with Crippen LogP contribution in [0.15, 0.2) is 41.1 Å². The van der Waals surface area contributed by atoms with Gasteiger partial charge in [-0.05, 0) is 47.5 Å². The van der Waals surface area contributed by atoms with Gasteiger partial charge in [-0.2, -0.15) is 0 Å². The van der Waals surface area contributed by atoms with E-state index in [0.717, 1.165) is 33.7 Å². The molecular weight excluding hydrogens is 304 g/mol. The largest absolute Gasteiger partial charge is 0.494 e. The lowest BCUT2D eigenvalue weighted by Crippen LogP contribution is -2.03. The van der Waals surface area contributed by atoms with Crippen molar-refractivity contribution in [1.29, 1.82) is 0 Å². The molecule has 3 nitrogen and oxygen atoms in total. The van der Waals surface area contributed by atoms with E-state index >= 15 is 0 Å². The van der Waals surface area contributed by atoms with E-state index in [1.807, 2.05) is 38.2 Å². The number of rotatable bonds is 5. The molecule has 0 aliphatic carbocycles. The Kier molecular flexibility index (Phi) is 4.80. The summed E-state index contributed by atoms with van der Waals surface area (Å²) >= 11 is 3.40. The fourth-order valence-corrected chi connectivity index (χ4v) is 2.02. The molecule has 100 valence electrons. The molecule has 0 bridgehead atoms. The van der Waals surface area contributed by atoms with Gasteiger partial charge in [0.25, 0.3) is 0 Å². The molecule has 0 aliphatic heterocycles. The lowest BCUT2D eigenvalue weighted by Gasteiger charge is -2.12. The lowest BCUT2D eigenvalue weighted by molar-refractivity contribution is 0.337. The van der Waals surface area contributed by atoms with Gasteiger partial charge in [-0.1, -0.05) is 18.2 Å². The van der Waals surface area contributed by atoms with Gasteiger partial charge >= 0.3 is 0 Å². The molecule has 0 radical (unpaired) electrons. The van der Waals surface area contributed by atoms with Crippen LogP contribution in [0.3, 0.4) is 0 Å². The topological polar surface area (TPSA) is 34.1 Å². The van der Waals surface area contributed by atoms with E-state index in [1.54, 1.807) is 0 Å². The minimum atomic E-state index is 0.677. The van der Waals surface area contributed by atoms with Crippen molar-refractivity contribution < 1.29 is 4.74 Å².